The van der Waals surface area contributed by atoms with Gasteiger partial charge in [0.05, 0.1) is 0 Å². The van der Waals surface area contributed by atoms with Crippen LogP contribution in [0.1, 0.15) is 31.6 Å². The van der Waals surface area contributed by atoms with Gasteiger partial charge in [-0.1, -0.05) is 13.8 Å². The maximum atomic E-state index is 5.59. The summed E-state index contributed by atoms with van der Waals surface area (Å²) < 4.78 is 0. The normalized spacial score (nSPS) is 10.3. The molecule has 0 aromatic carbocycles. The van der Waals surface area contributed by atoms with Crippen molar-refractivity contribution in [3.8, 4) is 0 Å². The summed E-state index contributed by atoms with van der Waals surface area (Å²) in [6, 6.07) is 0. The first kappa shape index (κ1) is 14.7. The van der Waals surface area contributed by atoms with Gasteiger partial charge in [0.1, 0.15) is 0 Å². The second kappa shape index (κ2) is 7.91. The first-order chi connectivity index (χ1) is 6.76. The van der Waals surface area contributed by atoms with E-state index in [0.717, 1.165) is 19.6 Å². The number of aromatic nitrogens is 1. The Bertz CT molecular complexity index is 259. The van der Waals surface area contributed by atoms with E-state index in [1.54, 1.807) is 11.3 Å². The summed E-state index contributed by atoms with van der Waals surface area (Å²) in [5, 5.41) is 0.674. The molecule has 3 nitrogen and oxygen atoms in total. The SMILES string of the molecule is CCCN(CCC)Cc1cnc(N)s1.Cl. The van der Waals surface area contributed by atoms with Crippen molar-refractivity contribution in [1.29, 1.82) is 0 Å². The summed E-state index contributed by atoms with van der Waals surface area (Å²) in [4.78, 5) is 7.78. The minimum Gasteiger partial charge on any atom is -0.375 e. The zero-order chi connectivity index (χ0) is 10.4. The van der Waals surface area contributed by atoms with Crippen molar-refractivity contribution >= 4 is 28.9 Å². The van der Waals surface area contributed by atoms with Gasteiger partial charge in [-0.3, -0.25) is 4.90 Å². The van der Waals surface area contributed by atoms with Crippen LogP contribution >= 0.6 is 23.7 Å². The third kappa shape index (κ3) is 5.35. The van der Waals surface area contributed by atoms with Crippen molar-refractivity contribution in [2.75, 3.05) is 18.8 Å². The second-order valence-electron chi connectivity index (χ2n) is 3.44. The Morgan fingerprint density at radius 3 is 2.33 bits per heavy atom. The van der Waals surface area contributed by atoms with Gasteiger partial charge in [0, 0.05) is 17.6 Å². The summed E-state index contributed by atoms with van der Waals surface area (Å²) in [7, 11) is 0. The molecule has 1 aromatic heterocycles. The molecule has 0 radical (unpaired) electrons. The maximum absolute atomic E-state index is 5.59. The summed E-state index contributed by atoms with van der Waals surface area (Å²) in [5.74, 6) is 0. The fourth-order valence-electron chi connectivity index (χ4n) is 1.52. The molecule has 0 aliphatic heterocycles. The van der Waals surface area contributed by atoms with Gasteiger partial charge in [-0.25, -0.2) is 4.98 Å². The topological polar surface area (TPSA) is 42.2 Å². The molecule has 0 fully saturated rings. The average Bonchev–Trinajstić information content (AvgIpc) is 2.52. The highest BCUT2D eigenvalue weighted by Crippen LogP contribution is 2.16. The van der Waals surface area contributed by atoms with E-state index in [9.17, 15) is 0 Å². The Labute approximate surface area is 102 Å². The number of anilines is 1. The van der Waals surface area contributed by atoms with Crippen LogP contribution in [0.25, 0.3) is 0 Å². The smallest absolute Gasteiger partial charge is 0.180 e. The molecule has 0 saturated carbocycles. The number of nitrogens with zero attached hydrogens (tertiary/aromatic N) is 2. The number of halogens is 1. The lowest BCUT2D eigenvalue weighted by molar-refractivity contribution is 0.268. The van der Waals surface area contributed by atoms with Crippen molar-refractivity contribution in [2.24, 2.45) is 0 Å². The van der Waals surface area contributed by atoms with Crippen LogP contribution in [0.15, 0.2) is 6.20 Å². The molecule has 0 bridgehead atoms. The minimum atomic E-state index is 0. The molecule has 0 atom stereocenters. The summed E-state index contributed by atoms with van der Waals surface area (Å²) in [5.41, 5.74) is 5.59. The molecule has 2 N–H and O–H groups in total. The first-order valence-electron chi connectivity index (χ1n) is 5.18. The zero-order valence-corrected chi connectivity index (χ0v) is 11.0. The highest BCUT2D eigenvalue weighted by Gasteiger charge is 2.05. The molecule has 0 unspecified atom stereocenters. The van der Waals surface area contributed by atoms with E-state index in [0.29, 0.717) is 5.13 Å². The van der Waals surface area contributed by atoms with Crippen LogP contribution < -0.4 is 5.73 Å². The molecular weight excluding hydrogens is 230 g/mol. The lowest BCUT2D eigenvalue weighted by Crippen LogP contribution is -2.24. The van der Waals surface area contributed by atoms with Gasteiger partial charge in [0.25, 0.3) is 0 Å². The zero-order valence-electron chi connectivity index (χ0n) is 9.40. The van der Waals surface area contributed by atoms with E-state index in [2.05, 4.69) is 23.7 Å². The van der Waals surface area contributed by atoms with Gasteiger partial charge in [-0.15, -0.1) is 23.7 Å². The number of nitrogens with two attached hydrogens (primary N) is 1. The van der Waals surface area contributed by atoms with E-state index >= 15 is 0 Å². The van der Waals surface area contributed by atoms with E-state index in [4.69, 9.17) is 5.73 Å². The van der Waals surface area contributed by atoms with Crippen molar-refractivity contribution in [2.45, 2.75) is 33.2 Å². The van der Waals surface area contributed by atoms with E-state index in [-0.39, 0.29) is 12.4 Å². The fraction of sp³-hybridized carbons (Fsp3) is 0.700. The van der Waals surface area contributed by atoms with Crippen molar-refractivity contribution in [3.05, 3.63) is 11.1 Å². The van der Waals surface area contributed by atoms with Crippen molar-refractivity contribution in [1.82, 2.24) is 9.88 Å². The lowest BCUT2D eigenvalue weighted by Gasteiger charge is -2.19. The maximum Gasteiger partial charge on any atom is 0.180 e. The molecule has 5 heteroatoms. The average molecular weight is 250 g/mol. The number of thiazole rings is 1. The molecule has 1 rings (SSSR count). The molecule has 0 amide bonds. The van der Waals surface area contributed by atoms with E-state index < -0.39 is 0 Å². The van der Waals surface area contributed by atoms with Crippen LogP contribution in [-0.4, -0.2) is 23.0 Å². The molecule has 0 aliphatic rings. The molecule has 0 aliphatic carbocycles. The molecule has 88 valence electrons. The monoisotopic (exact) mass is 249 g/mol. The summed E-state index contributed by atoms with van der Waals surface area (Å²) >= 11 is 1.59. The Hall–Kier alpha value is -0.320. The number of rotatable bonds is 6. The van der Waals surface area contributed by atoms with E-state index in [1.165, 1.54) is 17.7 Å². The number of nitrogen functional groups attached to an aromatic ring is 1. The van der Waals surface area contributed by atoms with Crippen LogP contribution in [0.3, 0.4) is 0 Å². The van der Waals surface area contributed by atoms with Crippen LogP contribution in [0.2, 0.25) is 0 Å². The second-order valence-corrected chi connectivity index (χ2v) is 4.59. The van der Waals surface area contributed by atoms with Gasteiger partial charge >= 0.3 is 0 Å². The Morgan fingerprint density at radius 1 is 1.33 bits per heavy atom. The molecular formula is C10H20ClN3S. The van der Waals surface area contributed by atoms with Gasteiger partial charge in [0.2, 0.25) is 0 Å². The van der Waals surface area contributed by atoms with Crippen molar-refractivity contribution < 1.29 is 0 Å². The van der Waals surface area contributed by atoms with Crippen LogP contribution in [0, 0.1) is 0 Å². The Kier molecular flexibility index (Phi) is 7.74. The minimum absolute atomic E-state index is 0. The van der Waals surface area contributed by atoms with Crippen LogP contribution in [0.5, 0.6) is 0 Å². The van der Waals surface area contributed by atoms with Gasteiger partial charge in [-0.2, -0.15) is 0 Å². The highest BCUT2D eigenvalue weighted by atomic mass is 35.5. The molecule has 15 heavy (non-hydrogen) atoms. The number of hydrogen-bond donors (Lipinski definition) is 1. The predicted molar refractivity (Wildman–Crippen MR) is 69.6 cm³/mol. The third-order valence-electron chi connectivity index (χ3n) is 2.03. The quantitative estimate of drug-likeness (QED) is 0.843. The van der Waals surface area contributed by atoms with Crippen LogP contribution in [-0.2, 0) is 6.54 Å². The number of hydrogen-bond acceptors (Lipinski definition) is 4. The van der Waals surface area contributed by atoms with Gasteiger partial charge < -0.3 is 5.73 Å². The molecule has 1 heterocycles. The third-order valence-corrected chi connectivity index (χ3v) is 2.84. The molecule has 0 spiro atoms. The molecule has 0 saturated heterocycles. The van der Waals surface area contributed by atoms with Crippen molar-refractivity contribution in [3.63, 3.8) is 0 Å². The standard InChI is InChI=1S/C10H19N3S.ClH/c1-3-5-13(6-4-2)8-9-7-12-10(11)14-9;/h7H,3-6,8H2,1-2H3,(H2,11,12);1H. The fourth-order valence-corrected chi connectivity index (χ4v) is 2.25. The predicted octanol–water partition coefficient (Wildman–Crippen LogP) is 2.77. The summed E-state index contributed by atoms with van der Waals surface area (Å²) in [6.45, 7) is 7.74. The van der Waals surface area contributed by atoms with Gasteiger partial charge in [0.15, 0.2) is 5.13 Å². The Balaban J connectivity index is 0.00000196. The highest BCUT2D eigenvalue weighted by molar-refractivity contribution is 7.15. The first-order valence-corrected chi connectivity index (χ1v) is 6.00. The van der Waals surface area contributed by atoms with Gasteiger partial charge in [-0.05, 0) is 25.9 Å². The molecule has 1 aromatic rings. The summed E-state index contributed by atoms with van der Waals surface area (Å²) in [6.07, 6.45) is 4.29. The largest absolute Gasteiger partial charge is 0.375 e. The van der Waals surface area contributed by atoms with E-state index in [1.807, 2.05) is 6.20 Å². The van der Waals surface area contributed by atoms with Crippen LogP contribution in [0.4, 0.5) is 5.13 Å². The Morgan fingerprint density at radius 2 is 1.93 bits per heavy atom. The lowest BCUT2D eigenvalue weighted by atomic mass is 10.3.